The van der Waals surface area contributed by atoms with E-state index in [1.165, 1.54) is 11.1 Å². The average molecular weight is 341 g/mol. The van der Waals surface area contributed by atoms with Crippen LogP contribution < -0.4 is 5.32 Å². The third-order valence-electron chi connectivity index (χ3n) is 4.50. The molecule has 4 rings (SSSR count). The quantitative estimate of drug-likeness (QED) is 0.759. The number of nitrogens with one attached hydrogen (secondary N) is 1. The lowest BCUT2D eigenvalue weighted by molar-refractivity contribution is 0.428. The molecule has 1 aliphatic rings. The topological polar surface area (TPSA) is 38.1 Å². The van der Waals surface area contributed by atoms with Crippen molar-refractivity contribution in [2.24, 2.45) is 0 Å². The molecule has 2 atom stereocenters. The maximum atomic E-state index is 5.73. The van der Waals surface area contributed by atoms with Gasteiger partial charge in [0.1, 0.15) is 6.26 Å². The average Bonchev–Trinajstić information content (AvgIpc) is 3.26. The second-order valence-electron chi connectivity index (χ2n) is 6.14. The van der Waals surface area contributed by atoms with Crippen molar-refractivity contribution >= 4 is 12.4 Å². The van der Waals surface area contributed by atoms with Crippen LogP contribution in [0.25, 0.3) is 0 Å². The van der Waals surface area contributed by atoms with Crippen LogP contribution in [0.1, 0.15) is 41.1 Å². The summed E-state index contributed by atoms with van der Waals surface area (Å²) in [7, 11) is 0. The smallest absolute Gasteiger partial charge is 0.211 e. The fourth-order valence-electron chi connectivity index (χ4n) is 3.27. The van der Waals surface area contributed by atoms with Crippen LogP contribution in [0, 0.1) is 0 Å². The lowest BCUT2D eigenvalue weighted by atomic mass is 9.96. The van der Waals surface area contributed by atoms with Gasteiger partial charge in [-0.15, -0.1) is 12.4 Å². The van der Waals surface area contributed by atoms with Crippen molar-refractivity contribution in [1.29, 1.82) is 0 Å². The largest absolute Gasteiger partial charge is 0.447 e. The zero-order valence-electron chi connectivity index (χ0n) is 13.4. The third kappa shape index (κ3) is 3.69. The molecule has 3 aromatic rings. The first kappa shape index (κ1) is 16.7. The van der Waals surface area contributed by atoms with Crippen molar-refractivity contribution in [2.45, 2.75) is 24.8 Å². The summed E-state index contributed by atoms with van der Waals surface area (Å²) in [6, 6.07) is 21.3. The molecular weight excluding hydrogens is 320 g/mol. The Morgan fingerprint density at radius 1 is 1.00 bits per heavy atom. The number of oxazole rings is 1. The summed E-state index contributed by atoms with van der Waals surface area (Å²) in [5.74, 6) is 1.35. The summed E-state index contributed by atoms with van der Waals surface area (Å²) in [6.45, 7) is 0.977. The van der Waals surface area contributed by atoms with Crippen molar-refractivity contribution in [3.05, 3.63) is 89.6 Å². The highest BCUT2D eigenvalue weighted by Crippen LogP contribution is 2.33. The molecule has 0 bridgehead atoms. The van der Waals surface area contributed by atoms with Crippen molar-refractivity contribution < 1.29 is 4.42 Å². The van der Waals surface area contributed by atoms with E-state index in [1.807, 2.05) is 6.07 Å². The van der Waals surface area contributed by atoms with Crippen LogP contribution in [0.2, 0.25) is 0 Å². The number of rotatable bonds is 4. The van der Waals surface area contributed by atoms with E-state index in [9.17, 15) is 0 Å². The summed E-state index contributed by atoms with van der Waals surface area (Å²) in [4.78, 5) is 4.69. The fourth-order valence-corrected chi connectivity index (χ4v) is 3.27. The Labute approximate surface area is 148 Å². The SMILES string of the molecule is Cl.c1ccc(Cc2coc([C@@H]3C[C@H](c4ccccc4)CN3)n2)cc1. The van der Waals surface area contributed by atoms with Gasteiger partial charge < -0.3 is 9.73 Å². The summed E-state index contributed by atoms with van der Waals surface area (Å²) >= 11 is 0. The van der Waals surface area contributed by atoms with E-state index in [-0.39, 0.29) is 18.4 Å². The van der Waals surface area contributed by atoms with Gasteiger partial charge in [-0.25, -0.2) is 4.98 Å². The second kappa shape index (κ2) is 7.65. The minimum Gasteiger partial charge on any atom is -0.447 e. The van der Waals surface area contributed by atoms with Gasteiger partial charge in [0.15, 0.2) is 0 Å². The molecule has 24 heavy (non-hydrogen) atoms. The number of nitrogens with zero attached hydrogens (tertiary/aromatic N) is 1. The van der Waals surface area contributed by atoms with Crippen LogP contribution >= 0.6 is 12.4 Å². The van der Waals surface area contributed by atoms with Crippen LogP contribution in [0.4, 0.5) is 0 Å². The Hall–Kier alpha value is -2.10. The number of hydrogen-bond acceptors (Lipinski definition) is 3. The maximum absolute atomic E-state index is 5.73. The van der Waals surface area contributed by atoms with Crippen LogP contribution in [0.15, 0.2) is 71.3 Å². The summed E-state index contributed by atoms with van der Waals surface area (Å²) in [5, 5.41) is 3.54. The van der Waals surface area contributed by atoms with E-state index >= 15 is 0 Å². The first-order valence-corrected chi connectivity index (χ1v) is 8.15. The first-order chi connectivity index (χ1) is 11.4. The Morgan fingerprint density at radius 3 is 2.46 bits per heavy atom. The van der Waals surface area contributed by atoms with Crippen LogP contribution in [0.3, 0.4) is 0 Å². The normalized spacial score (nSPS) is 19.8. The minimum atomic E-state index is 0. The van der Waals surface area contributed by atoms with Gasteiger partial charge in [0.25, 0.3) is 0 Å². The first-order valence-electron chi connectivity index (χ1n) is 8.15. The molecule has 4 heteroatoms. The van der Waals surface area contributed by atoms with E-state index in [0.717, 1.165) is 31.0 Å². The van der Waals surface area contributed by atoms with Gasteiger partial charge in [0, 0.05) is 13.0 Å². The van der Waals surface area contributed by atoms with E-state index in [1.54, 1.807) is 6.26 Å². The highest BCUT2D eigenvalue weighted by atomic mass is 35.5. The molecular formula is C20H21ClN2O. The Kier molecular flexibility index (Phi) is 5.34. The van der Waals surface area contributed by atoms with Gasteiger partial charge in [-0.2, -0.15) is 0 Å². The molecule has 1 aromatic heterocycles. The molecule has 0 radical (unpaired) electrons. The molecule has 1 saturated heterocycles. The highest BCUT2D eigenvalue weighted by molar-refractivity contribution is 5.85. The molecule has 0 spiro atoms. The van der Waals surface area contributed by atoms with E-state index < -0.39 is 0 Å². The molecule has 2 aromatic carbocycles. The molecule has 1 N–H and O–H groups in total. The zero-order valence-corrected chi connectivity index (χ0v) is 14.2. The number of aromatic nitrogens is 1. The van der Waals surface area contributed by atoms with E-state index in [2.05, 4.69) is 64.9 Å². The standard InChI is InChI=1S/C20H20N2O.ClH/c1-3-7-15(8-4-1)11-18-14-23-20(22-18)19-12-17(13-21-19)16-9-5-2-6-10-16;/h1-10,14,17,19,21H,11-13H2;1H/t17-,19-;/m0./s1. The van der Waals surface area contributed by atoms with Gasteiger partial charge in [-0.1, -0.05) is 60.7 Å². The molecule has 0 saturated carbocycles. The van der Waals surface area contributed by atoms with Gasteiger partial charge >= 0.3 is 0 Å². The van der Waals surface area contributed by atoms with Crippen molar-refractivity contribution in [1.82, 2.24) is 10.3 Å². The van der Waals surface area contributed by atoms with Gasteiger partial charge in [0.2, 0.25) is 5.89 Å². The number of halogens is 1. The molecule has 0 unspecified atom stereocenters. The van der Waals surface area contributed by atoms with Crippen LogP contribution in [-0.2, 0) is 6.42 Å². The van der Waals surface area contributed by atoms with Crippen molar-refractivity contribution in [3.8, 4) is 0 Å². The third-order valence-corrected chi connectivity index (χ3v) is 4.50. The van der Waals surface area contributed by atoms with Crippen LogP contribution in [0.5, 0.6) is 0 Å². The Morgan fingerprint density at radius 2 is 1.71 bits per heavy atom. The van der Waals surface area contributed by atoms with Gasteiger partial charge in [-0.3, -0.25) is 0 Å². The second-order valence-corrected chi connectivity index (χ2v) is 6.14. The van der Waals surface area contributed by atoms with Crippen molar-refractivity contribution in [2.75, 3.05) is 6.54 Å². The lowest BCUT2D eigenvalue weighted by Crippen LogP contribution is -2.13. The summed E-state index contributed by atoms with van der Waals surface area (Å²) < 4.78 is 5.73. The zero-order chi connectivity index (χ0) is 15.5. The minimum absolute atomic E-state index is 0. The van der Waals surface area contributed by atoms with E-state index in [0.29, 0.717) is 5.92 Å². The Balaban J connectivity index is 0.00000169. The molecule has 2 heterocycles. The summed E-state index contributed by atoms with van der Waals surface area (Å²) in [6.07, 6.45) is 3.65. The lowest BCUT2D eigenvalue weighted by Gasteiger charge is -2.08. The fraction of sp³-hybridized carbons (Fsp3) is 0.250. The van der Waals surface area contributed by atoms with Gasteiger partial charge in [-0.05, 0) is 23.5 Å². The predicted octanol–water partition coefficient (Wildman–Crippen LogP) is 4.51. The molecule has 3 nitrogen and oxygen atoms in total. The summed E-state index contributed by atoms with van der Waals surface area (Å²) in [5.41, 5.74) is 3.64. The maximum Gasteiger partial charge on any atom is 0.211 e. The monoisotopic (exact) mass is 340 g/mol. The number of benzene rings is 2. The predicted molar refractivity (Wildman–Crippen MR) is 97.5 cm³/mol. The molecule has 124 valence electrons. The molecule has 1 fully saturated rings. The molecule has 0 amide bonds. The van der Waals surface area contributed by atoms with E-state index in [4.69, 9.17) is 4.42 Å². The number of hydrogen-bond donors (Lipinski definition) is 1. The molecule has 0 aliphatic carbocycles. The van der Waals surface area contributed by atoms with Gasteiger partial charge in [0.05, 0.1) is 11.7 Å². The van der Waals surface area contributed by atoms with Crippen molar-refractivity contribution in [3.63, 3.8) is 0 Å². The highest BCUT2D eigenvalue weighted by Gasteiger charge is 2.29. The molecule has 1 aliphatic heterocycles. The van der Waals surface area contributed by atoms with Crippen LogP contribution in [-0.4, -0.2) is 11.5 Å². The Bertz CT molecular complexity index is 758.